The second-order valence-electron chi connectivity index (χ2n) is 5.38. The highest BCUT2D eigenvalue weighted by Crippen LogP contribution is 2.32. The largest absolute Gasteiger partial charge is 0.492 e. The van der Waals surface area contributed by atoms with Crippen LogP contribution in [0, 0.1) is 0 Å². The first-order valence-electron chi connectivity index (χ1n) is 7.85. The normalized spacial score (nSPS) is 10.5. The van der Waals surface area contributed by atoms with E-state index in [4.69, 9.17) is 10.5 Å². The number of anilines is 1. The molecule has 128 valence electrons. The fourth-order valence-electron chi connectivity index (χ4n) is 2.44. The Balaban J connectivity index is 1.91. The molecule has 3 aromatic rings. The highest BCUT2D eigenvalue weighted by molar-refractivity contribution is 6.04. The summed E-state index contributed by atoms with van der Waals surface area (Å²) >= 11 is 0. The van der Waals surface area contributed by atoms with Crippen LogP contribution in [-0.4, -0.2) is 33.8 Å². The molecule has 0 atom stereocenters. The standard InChI is InChI=1S/C18H19N5O2/c1-23-16(6-9-21-23)15-11-14(4-5-17(15)25-10-7-19)22-18(24)13-3-2-8-20-12-13/h2-6,8-9,11-12H,7,10,19H2,1H3,(H,22,24). The van der Waals surface area contributed by atoms with Crippen LogP contribution in [0.2, 0.25) is 0 Å². The monoisotopic (exact) mass is 337 g/mol. The molecular weight excluding hydrogens is 318 g/mol. The highest BCUT2D eigenvalue weighted by Gasteiger charge is 2.13. The fourth-order valence-corrected chi connectivity index (χ4v) is 2.44. The number of nitrogens with one attached hydrogen (secondary N) is 1. The van der Waals surface area contributed by atoms with Crippen LogP contribution in [0.25, 0.3) is 11.3 Å². The van der Waals surface area contributed by atoms with Gasteiger partial charge in [-0.15, -0.1) is 0 Å². The molecule has 7 nitrogen and oxygen atoms in total. The van der Waals surface area contributed by atoms with E-state index in [1.54, 1.807) is 35.3 Å². The summed E-state index contributed by atoms with van der Waals surface area (Å²) in [5, 5.41) is 7.07. The van der Waals surface area contributed by atoms with Crippen LogP contribution in [0.3, 0.4) is 0 Å². The van der Waals surface area contributed by atoms with Crippen LogP contribution >= 0.6 is 0 Å². The Hall–Kier alpha value is -3.19. The quantitative estimate of drug-likeness (QED) is 0.718. The van der Waals surface area contributed by atoms with Gasteiger partial charge in [0.25, 0.3) is 5.91 Å². The smallest absolute Gasteiger partial charge is 0.257 e. The van der Waals surface area contributed by atoms with E-state index in [9.17, 15) is 4.79 Å². The topological polar surface area (TPSA) is 95.1 Å². The molecule has 2 aromatic heterocycles. The summed E-state index contributed by atoms with van der Waals surface area (Å²) in [6, 6.07) is 10.8. The summed E-state index contributed by atoms with van der Waals surface area (Å²) in [6.45, 7) is 0.830. The number of hydrogen-bond acceptors (Lipinski definition) is 5. The van der Waals surface area contributed by atoms with Gasteiger partial charge in [-0.3, -0.25) is 14.5 Å². The zero-order valence-electron chi connectivity index (χ0n) is 13.8. The summed E-state index contributed by atoms with van der Waals surface area (Å²) in [7, 11) is 1.85. The predicted octanol–water partition coefficient (Wildman–Crippen LogP) is 2.07. The molecule has 25 heavy (non-hydrogen) atoms. The zero-order valence-corrected chi connectivity index (χ0v) is 13.8. The van der Waals surface area contributed by atoms with Crippen LogP contribution in [0.5, 0.6) is 5.75 Å². The van der Waals surface area contributed by atoms with Gasteiger partial charge in [-0.2, -0.15) is 5.10 Å². The molecule has 1 amide bonds. The third kappa shape index (κ3) is 3.84. The van der Waals surface area contributed by atoms with Crippen molar-refractivity contribution in [1.82, 2.24) is 14.8 Å². The fraction of sp³-hybridized carbons (Fsp3) is 0.167. The van der Waals surface area contributed by atoms with Crippen LogP contribution in [0.15, 0.2) is 55.0 Å². The molecule has 0 aliphatic carbocycles. The minimum absolute atomic E-state index is 0.223. The first-order chi connectivity index (χ1) is 12.2. The summed E-state index contributed by atoms with van der Waals surface area (Å²) < 4.78 is 7.47. The molecule has 0 saturated carbocycles. The average Bonchev–Trinajstić information content (AvgIpc) is 3.07. The number of carbonyl (C=O) groups is 1. The molecule has 0 saturated heterocycles. The molecule has 0 fully saturated rings. The number of ether oxygens (including phenoxy) is 1. The molecule has 3 rings (SSSR count). The van der Waals surface area contributed by atoms with Gasteiger partial charge in [0, 0.05) is 43.4 Å². The van der Waals surface area contributed by atoms with Crippen molar-refractivity contribution in [1.29, 1.82) is 0 Å². The highest BCUT2D eigenvalue weighted by atomic mass is 16.5. The van der Waals surface area contributed by atoms with Gasteiger partial charge in [-0.1, -0.05) is 0 Å². The third-order valence-electron chi connectivity index (χ3n) is 3.63. The number of hydrogen-bond donors (Lipinski definition) is 2. The summed E-state index contributed by atoms with van der Waals surface area (Å²) in [4.78, 5) is 16.3. The minimum Gasteiger partial charge on any atom is -0.492 e. The van der Waals surface area contributed by atoms with Gasteiger partial charge in [-0.05, 0) is 36.4 Å². The van der Waals surface area contributed by atoms with Gasteiger partial charge < -0.3 is 15.8 Å². The van der Waals surface area contributed by atoms with Crippen LogP contribution < -0.4 is 15.8 Å². The zero-order chi connectivity index (χ0) is 17.6. The Morgan fingerprint density at radius 1 is 1.28 bits per heavy atom. The lowest BCUT2D eigenvalue weighted by Gasteiger charge is -2.14. The third-order valence-corrected chi connectivity index (χ3v) is 3.63. The van der Waals surface area contributed by atoms with Crippen molar-refractivity contribution >= 4 is 11.6 Å². The van der Waals surface area contributed by atoms with Gasteiger partial charge in [0.05, 0.1) is 11.3 Å². The number of benzene rings is 1. The van der Waals surface area contributed by atoms with Crippen LogP contribution in [0.1, 0.15) is 10.4 Å². The number of aryl methyl sites for hydroxylation is 1. The number of nitrogens with zero attached hydrogens (tertiary/aromatic N) is 3. The van der Waals surface area contributed by atoms with Gasteiger partial charge in [-0.25, -0.2) is 0 Å². The Bertz CT molecular complexity index is 861. The maximum atomic E-state index is 12.3. The number of amides is 1. The van der Waals surface area contributed by atoms with Crippen molar-refractivity contribution < 1.29 is 9.53 Å². The van der Waals surface area contributed by atoms with Crippen molar-refractivity contribution in [3.63, 3.8) is 0 Å². The molecule has 0 aliphatic heterocycles. The Kier molecular flexibility index (Phi) is 5.06. The van der Waals surface area contributed by atoms with Crippen molar-refractivity contribution in [3.8, 4) is 17.0 Å². The molecule has 0 bridgehead atoms. The van der Waals surface area contributed by atoms with Gasteiger partial charge in [0.2, 0.25) is 0 Å². The summed E-state index contributed by atoms with van der Waals surface area (Å²) in [6.07, 6.45) is 4.86. The SMILES string of the molecule is Cn1nccc1-c1cc(NC(=O)c2cccnc2)ccc1OCCN. The maximum Gasteiger partial charge on any atom is 0.257 e. The second kappa shape index (κ2) is 7.59. The van der Waals surface area contributed by atoms with Crippen LogP contribution in [0.4, 0.5) is 5.69 Å². The van der Waals surface area contributed by atoms with E-state index in [-0.39, 0.29) is 5.91 Å². The maximum absolute atomic E-state index is 12.3. The molecule has 0 aliphatic rings. The van der Waals surface area contributed by atoms with E-state index in [1.165, 1.54) is 6.20 Å². The van der Waals surface area contributed by atoms with E-state index < -0.39 is 0 Å². The molecule has 0 spiro atoms. The lowest BCUT2D eigenvalue weighted by Crippen LogP contribution is -2.13. The lowest BCUT2D eigenvalue weighted by atomic mass is 10.1. The lowest BCUT2D eigenvalue weighted by molar-refractivity contribution is 0.102. The molecule has 3 N–H and O–H groups in total. The minimum atomic E-state index is -0.223. The molecule has 0 unspecified atom stereocenters. The number of carbonyl (C=O) groups excluding carboxylic acids is 1. The van der Waals surface area contributed by atoms with E-state index in [1.807, 2.05) is 25.2 Å². The van der Waals surface area contributed by atoms with E-state index in [0.717, 1.165) is 11.3 Å². The van der Waals surface area contributed by atoms with Gasteiger partial charge >= 0.3 is 0 Å². The number of rotatable bonds is 6. The van der Waals surface area contributed by atoms with E-state index in [2.05, 4.69) is 15.4 Å². The average molecular weight is 337 g/mol. The first kappa shape index (κ1) is 16.7. The Morgan fingerprint density at radius 3 is 2.84 bits per heavy atom. The molecule has 2 heterocycles. The Labute approximate surface area is 145 Å². The Morgan fingerprint density at radius 2 is 2.16 bits per heavy atom. The van der Waals surface area contributed by atoms with Gasteiger partial charge in [0.1, 0.15) is 12.4 Å². The molecule has 1 aromatic carbocycles. The van der Waals surface area contributed by atoms with Crippen molar-refractivity contribution in [2.75, 3.05) is 18.5 Å². The van der Waals surface area contributed by atoms with Gasteiger partial charge in [0.15, 0.2) is 0 Å². The summed E-state index contributed by atoms with van der Waals surface area (Å²) in [5.41, 5.74) is 8.39. The van der Waals surface area contributed by atoms with Crippen molar-refractivity contribution in [2.45, 2.75) is 0 Å². The van der Waals surface area contributed by atoms with Crippen LogP contribution in [-0.2, 0) is 7.05 Å². The summed E-state index contributed by atoms with van der Waals surface area (Å²) in [5.74, 6) is 0.466. The molecular formula is C18H19N5O2. The number of aromatic nitrogens is 3. The molecule has 7 heteroatoms. The predicted molar refractivity (Wildman–Crippen MR) is 95.4 cm³/mol. The molecule has 0 radical (unpaired) electrons. The number of nitrogens with two attached hydrogens (primary N) is 1. The first-order valence-corrected chi connectivity index (χ1v) is 7.85. The number of pyridine rings is 1. The second-order valence-corrected chi connectivity index (χ2v) is 5.38. The van der Waals surface area contributed by atoms with Crippen molar-refractivity contribution in [3.05, 3.63) is 60.6 Å². The van der Waals surface area contributed by atoms with E-state index >= 15 is 0 Å². The van der Waals surface area contributed by atoms with Crippen molar-refractivity contribution in [2.24, 2.45) is 12.8 Å². The van der Waals surface area contributed by atoms with E-state index in [0.29, 0.717) is 30.2 Å².